The Morgan fingerprint density at radius 2 is 2.33 bits per heavy atom. The van der Waals surface area contributed by atoms with Crippen LogP contribution >= 0.6 is 11.6 Å². The molecule has 24 heavy (non-hydrogen) atoms. The normalized spacial score (nSPS) is 15.7. The van der Waals surface area contributed by atoms with Crippen molar-refractivity contribution >= 4 is 23.2 Å². The highest BCUT2D eigenvalue weighted by Crippen LogP contribution is 2.23. The zero-order valence-electron chi connectivity index (χ0n) is 13.0. The van der Waals surface area contributed by atoms with Crippen molar-refractivity contribution in [2.45, 2.75) is 19.3 Å². The fraction of sp³-hybridized carbons (Fsp3) is 0.333. The molecule has 1 atom stereocenters. The third-order valence-corrected chi connectivity index (χ3v) is 4.16. The van der Waals surface area contributed by atoms with Crippen LogP contribution in [0.3, 0.4) is 0 Å². The molecule has 4 N–H and O–H groups in total. The second-order valence-corrected chi connectivity index (χ2v) is 6.04. The van der Waals surface area contributed by atoms with Crippen LogP contribution < -0.4 is 5.32 Å². The molecule has 1 aromatic heterocycles. The van der Waals surface area contributed by atoms with Gasteiger partial charge in [0.05, 0.1) is 0 Å². The van der Waals surface area contributed by atoms with Crippen LogP contribution in [-0.2, 0) is 13.0 Å². The zero-order valence-corrected chi connectivity index (χ0v) is 13.8. The van der Waals surface area contributed by atoms with Gasteiger partial charge in [-0.1, -0.05) is 17.7 Å². The summed E-state index contributed by atoms with van der Waals surface area (Å²) in [5, 5.41) is 30.6. The molecule has 1 aliphatic rings. The third kappa shape index (κ3) is 3.36. The lowest BCUT2D eigenvalue weighted by atomic mass is 10.1. The average Bonchev–Trinajstić information content (AvgIpc) is 2.97. The van der Waals surface area contributed by atoms with Crippen LogP contribution in [0.15, 0.2) is 24.3 Å². The average molecular weight is 352 g/mol. The Labute approximate surface area is 143 Å². The van der Waals surface area contributed by atoms with E-state index in [1.165, 1.54) is 7.05 Å². The number of hydrogen-bond acceptors (Lipinski definition) is 6. The van der Waals surface area contributed by atoms with Gasteiger partial charge in [0.2, 0.25) is 0 Å². The van der Waals surface area contributed by atoms with Gasteiger partial charge in [-0.3, -0.25) is 20.0 Å². The zero-order chi connectivity index (χ0) is 17.3. The molecule has 0 radical (unpaired) electrons. The first-order valence-corrected chi connectivity index (χ1v) is 7.81. The standard InChI is InChI=1S/C15H18ClN5O3/c1-20(24)14(22)13-11-8-21(6-5-12(11)18-19-13)15(23)17-10-4-2-3-9(16)7-10/h2-4,7,15,17,23-24H,5-6,8H2,1H3,(H,18,19). The van der Waals surface area contributed by atoms with Crippen molar-refractivity contribution in [3.63, 3.8) is 0 Å². The Morgan fingerprint density at radius 1 is 1.54 bits per heavy atom. The maximum atomic E-state index is 12.0. The second kappa shape index (κ2) is 6.78. The van der Waals surface area contributed by atoms with Crippen molar-refractivity contribution in [1.29, 1.82) is 0 Å². The lowest BCUT2D eigenvalue weighted by molar-refractivity contribution is -0.0382. The van der Waals surface area contributed by atoms with E-state index < -0.39 is 12.3 Å². The molecule has 2 aromatic rings. The van der Waals surface area contributed by atoms with Crippen LogP contribution in [-0.4, -0.2) is 56.3 Å². The number of aromatic nitrogens is 2. The van der Waals surface area contributed by atoms with Gasteiger partial charge in [0, 0.05) is 48.5 Å². The number of aromatic amines is 1. The minimum Gasteiger partial charge on any atom is -0.361 e. The van der Waals surface area contributed by atoms with Gasteiger partial charge in [0.15, 0.2) is 12.0 Å². The van der Waals surface area contributed by atoms with E-state index in [0.717, 1.165) is 5.69 Å². The van der Waals surface area contributed by atoms with E-state index >= 15 is 0 Å². The highest BCUT2D eigenvalue weighted by Gasteiger charge is 2.29. The Balaban J connectivity index is 1.74. The van der Waals surface area contributed by atoms with Gasteiger partial charge in [-0.15, -0.1) is 0 Å². The monoisotopic (exact) mass is 351 g/mol. The first kappa shape index (κ1) is 16.7. The molecule has 9 heteroatoms. The quantitative estimate of drug-likeness (QED) is 0.375. The Bertz CT molecular complexity index is 748. The SMILES string of the molecule is CN(O)C(=O)c1n[nH]c2c1CN(C(O)Nc1cccc(Cl)c1)CC2. The van der Waals surface area contributed by atoms with Crippen molar-refractivity contribution < 1.29 is 15.1 Å². The number of amides is 1. The predicted octanol–water partition coefficient (Wildman–Crippen LogP) is 1.27. The van der Waals surface area contributed by atoms with Crippen molar-refractivity contribution in [1.82, 2.24) is 20.2 Å². The molecule has 8 nitrogen and oxygen atoms in total. The van der Waals surface area contributed by atoms with Crippen molar-refractivity contribution in [2.75, 3.05) is 18.9 Å². The molecule has 0 saturated carbocycles. The molecule has 128 valence electrons. The molecule has 0 saturated heterocycles. The number of rotatable bonds is 4. The molecule has 2 heterocycles. The first-order chi connectivity index (χ1) is 11.5. The lowest BCUT2D eigenvalue weighted by Gasteiger charge is -2.32. The highest BCUT2D eigenvalue weighted by atomic mass is 35.5. The van der Waals surface area contributed by atoms with E-state index in [2.05, 4.69) is 15.5 Å². The molecule has 0 spiro atoms. The Morgan fingerprint density at radius 3 is 3.04 bits per heavy atom. The summed E-state index contributed by atoms with van der Waals surface area (Å²) in [6, 6.07) is 7.06. The summed E-state index contributed by atoms with van der Waals surface area (Å²) in [6.07, 6.45) is -0.333. The van der Waals surface area contributed by atoms with E-state index in [1.807, 2.05) is 0 Å². The molecule has 0 bridgehead atoms. The lowest BCUT2D eigenvalue weighted by Crippen LogP contribution is -2.44. The number of fused-ring (bicyclic) bond motifs is 1. The summed E-state index contributed by atoms with van der Waals surface area (Å²) < 4.78 is 0. The van der Waals surface area contributed by atoms with Gasteiger partial charge in [0.1, 0.15) is 0 Å². The number of anilines is 1. The van der Waals surface area contributed by atoms with E-state index in [0.29, 0.717) is 40.8 Å². The summed E-state index contributed by atoms with van der Waals surface area (Å²) in [5.41, 5.74) is 2.37. The summed E-state index contributed by atoms with van der Waals surface area (Å²) in [5.74, 6) is -0.591. The van der Waals surface area contributed by atoms with Gasteiger partial charge in [-0.2, -0.15) is 5.10 Å². The largest absolute Gasteiger partial charge is 0.361 e. The van der Waals surface area contributed by atoms with Gasteiger partial charge >= 0.3 is 0 Å². The van der Waals surface area contributed by atoms with Crippen LogP contribution in [0.4, 0.5) is 5.69 Å². The van der Waals surface area contributed by atoms with Gasteiger partial charge in [-0.05, 0) is 18.2 Å². The van der Waals surface area contributed by atoms with Gasteiger partial charge in [0.25, 0.3) is 5.91 Å². The number of hydroxylamine groups is 2. The van der Waals surface area contributed by atoms with Crippen molar-refractivity contribution in [3.05, 3.63) is 46.2 Å². The number of nitrogens with zero attached hydrogens (tertiary/aromatic N) is 3. The fourth-order valence-corrected chi connectivity index (χ4v) is 2.86. The summed E-state index contributed by atoms with van der Waals surface area (Å²) in [6.45, 7) is 0.919. The van der Waals surface area contributed by atoms with Crippen LogP contribution in [0.1, 0.15) is 21.7 Å². The van der Waals surface area contributed by atoms with E-state index in [9.17, 15) is 15.1 Å². The number of halogens is 1. The summed E-state index contributed by atoms with van der Waals surface area (Å²) in [7, 11) is 1.25. The molecular formula is C15H18ClN5O3. The van der Waals surface area contributed by atoms with Crippen molar-refractivity contribution in [2.24, 2.45) is 0 Å². The maximum Gasteiger partial charge on any atom is 0.297 e. The maximum absolute atomic E-state index is 12.0. The first-order valence-electron chi connectivity index (χ1n) is 7.43. The molecular weight excluding hydrogens is 334 g/mol. The highest BCUT2D eigenvalue weighted by molar-refractivity contribution is 6.30. The van der Waals surface area contributed by atoms with Gasteiger partial charge < -0.3 is 10.4 Å². The molecule has 1 aromatic carbocycles. The third-order valence-electron chi connectivity index (χ3n) is 3.93. The number of hydrogen-bond donors (Lipinski definition) is 4. The van der Waals surface area contributed by atoms with E-state index in [-0.39, 0.29) is 5.69 Å². The van der Waals surface area contributed by atoms with Crippen LogP contribution in [0.2, 0.25) is 5.02 Å². The minimum atomic E-state index is -0.943. The topological polar surface area (TPSA) is 105 Å². The fourth-order valence-electron chi connectivity index (χ4n) is 2.67. The van der Waals surface area contributed by atoms with Crippen LogP contribution in [0.25, 0.3) is 0 Å². The van der Waals surface area contributed by atoms with E-state index in [4.69, 9.17) is 11.6 Å². The number of aliphatic hydroxyl groups excluding tert-OH is 1. The predicted molar refractivity (Wildman–Crippen MR) is 87.7 cm³/mol. The molecule has 0 aliphatic carbocycles. The van der Waals surface area contributed by atoms with E-state index in [1.54, 1.807) is 29.2 Å². The smallest absolute Gasteiger partial charge is 0.297 e. The molecule has 1 unspecified atom stereocenters. The molecule has 3 rings (SSSR count). The molecule has 1 aliphatic heterocycles. The minimum absolute atomic E-state index is 0.162. The Kier molecular flexibility index (Phi) is 4.72. The van der Waals surface area contributed by atoms with Crippen LogP contribution in [0.5, 0.6) is 0 Å². The number of H-pyrrole nitrogens is 1. The number of carbonyl (C=O) groups excluding carboxylic acids is 1. The van der Waals surface area contributed by atoms with Gasteiger partial charge in [-0.25, -0.2) is 5.06 Å². The Hall–Kier alpha value is -2.13. The number of aliphatic hydroxyl groups is 1. The molecule has 0 fully saturated rings. The second-order valence-electron chi connectivity index (χ2n) is 5.61. The summed E-state index contributed by atoms with van der Waals surface area (Å²) >= 11 is 5.94. The van der Waals surface area contributed by atoms with Crippen LogP contribution in [0, 0.1) is 0 Å². The number of nitrogens with one attached hydrogen (secondary N) is 2. The number of benzene rings is 1. The summed E-state index contributed by atoms with van der Waals surface area (Å²) in [4.78, 5) is 13.7. The number of carbonyl (C=O) groups is 1. The van der Waals surface area contributed by atoms with Crippen molar-refractivity contribution in [3.8, 4) is 0 Å². The molecule has 1 amide bonds.